The van der Waals surface area contributed by atoms with Crippen LogP contribution in [0.1, 0.15) is 63.3 Å². The topological polar surface area (TPSA) is 95.9 Å². The van der Waals surface area contributed by atoms with E-state index >= 15 is 0 Å². The van der Waals surface area contributed by atoms with Crippen LogP contribution in [0.4, 0.5) is 20.2 Å². The Balaban J connectivity index is 1.48. The van der Waals surface area contributed by atoms with Crippen molar-refractivity contribution in [2.45, 2.75) is 52.0 Å². The van der Waals surface area contributed by atoms with Crippen molar-refractivity contribution in [3.05, 3.63) is 95.1 Å². The maximum atomic E-state index is 14.8. The van der Waals surface area contributed by atoms with Gasteiger partial charge in [-0.3, -0.25) is 19.6 Å². The highest BCUT2D eigenvalue weighted by Crippen LogP contribution is 2.38. The van der Waals surface area contributed by atoms with Gasteiger partial charge in [0.15, 0.2) is 17.6 Å². The number of rotatable bonds is 6. The highest BCUT2D eigenvalue weighted by Gasteiger charge is 2.31. The van der Waals surface area contributed by atoms with E-state index in [0.717, 1.165) is 23.3 Å². The SMILES string of the molecule is C=C(Nc1ccc2c(c1)NC(=O)C(C)CCCC(N1CCC(c3c(F)ccc(Cl)c3F)=CC1=O)c1cc-2ccn1)O/C(CC)=N\C. The molecule has 2 bridgehead atoms. The van der Waals surface area contributed by atoms with Gasteiger partial charge in [0.05, 0.1) is 28.0 Å². The number of hydrogen-bond acceptors (Lipinski definition) is 6. The summed E-state index contributed by atoms with van der Waals surface area (Å²) < 4.78 is 35.1. The highest BCUT2D eigenvalue weighted by atomic mass is 35.5. The number of benzene rings is 2. The Labute approximate surface area is 272 Å². The van der Waals surface area contributed by atoms with Crippen LogP contribution < -0.4 is 10.6 Å². The van der Waals surface area contributed by atoms with Gasteiger partial charge in [-0.1, -0.05) is 37.9 Å². The number of pyridine rings is 1. The van der Waals surface area contributed by atoms with Gasteiger partial charge in [0, 0.05) is 49.5 Å². The minimum atomic E-state index is -0.879. The summed E-state index contributed by atoms with van der Waals surface area (Å²) in [4.78, 5) is 37.3. The number of hydrogen-bond donors (Lipinski definition) is 2. The van der Waals surface area contributed by atoms with E-state index in [2.05, 4.69) is 27.2 Å². The van der Waals surface area contributed by atoms with Gasteiger partial charge in [-0.25, -0.2) is 8.78 Å². The fourth-order valence-electron chi connectivity index (χ4n) is 5.83. The molecule has 2 atom stereocenters. The first-order valence-corrected chi connectivity index (χ1v) is 15.6. The molecule has 11 heteroatoms. The van der Waals surface area contributed by atoms with Crippen LogP contribution >= 0.6 is 11.6 Å². The molecular formula is C35H36ClF2N5O3. The molecule has 240 valence electrons. The first-order chi connectivity index (χ1) is 22.1. The van der Waals surface area contributed by atoms with Crippen molar-refractivity contribution in [2.75, 3.05) is 24.2 Å². The lowest BCUT2D eigenvalue weighted by molar-refractivity contribution is -0.129. The van der Waals surface area contributed by atoms with E-state index in [0.29, 0.717) is 54.5 Å². The van der Waals surface area contributed by atoms with Gasteiger partial charge in [-0.05, 0) is 73.4 Å². The predicted octanol–water partition coefficient (Wildman–Crippen LogP) is 8.13. The van der Waals surface area contributed by atoms with Crippen LogP contribution in [0, 0.1) is 17.6 Å². The number of halogens is 3. The Morgan fingerprint density at radius 3 is 2.74 bits per heavy atom. The van der Waals surface area contributed by atoms with Gasteiger partial charge in [0.25, 0.3) is 0 Å². The molecule has 0 saturated heterocycles. The van der Waals surface area contributed by atoms with Crippen LogP contribution in [0.3, 0.4) is 0 Å². The van der Waals surface area contributed by atoms with Gasteiger partial charge >= 0.3 is 0 Å². The number of ether oxygens (including phenoxy) is 1. The zero-order valence-corrected chi connectivity index (χ0v) is 26.8. The van der Waals surface area contributed by atoms with E-state index in [1.165, 1.54) is 6.08 Å². The molecule has 5 rings (SSSR count). The monoisotopic (exact) mass is 647 g/mol. The summed E-state index contributed by atoms with van der Waals surface area (Å²) in [5.74, 6) is -1.61. The molecule has 2 aromatic carbocycles. The lowest BCUT2D eigenvalue weighted by Crippen LogP contribution is -2.38. The molecule has 1 aromatic heterocycles. The summed E-state index contributed by atoms with van der Waals surface area (Å²) >= 11 is 5.92. The molecule has 46 heavy (non-hydrogen) atoms. The fraction of sp³-hybridized carbons (Fsp3) is 0.314. The standard InChI is InChI=1S/C35H36ClF2N5O3/c1-5-31(39-4)46-21(3)41-24-9-10-25-22-13-15-40-29(17-22)30(8-6-7-20(2)35(45)42-28(25)19-24)43-16-14-23(18-32(43)44)33-27(37)12-11-26(36)34(33)38/h9-13,15,17-20,30,41H,3,5-8,14,16H2,1-2,4H3,(H,42,45)/b39-31-. The maximum Gasteiger partial charge on any atom is 0.247 e. The van der Waals surface area contributed by atoms with E-state index in [4.69, 9.17) is 16.3 Å². The summed E-state index contributed by atoms with van der Waals surface area (Å²) in [5, 5.41) is 6.01. The van der Waals surface area contributed by atoms with Crippen LogP contribution in [0.5, 0.6) is 0 Å². The Bertz CT molecular complexity index is 1740. The quantitative estimate of drug-likeness (QED) is 0.122. The van der Waals surface area contributed by atoms with Crippen molar-refractivity contribution in [3.63, 3.8) is 0 Å². The summed E-state index contributed by atoms with van der Waals surface area (Å²) in [5.41, 5.74) is 3.50. The van der Waals surface area contributed by atoms with Crippen LogP contribution in [0.15, 0.2) is 72.2 Å². The van der Waals surface area contributed by atoms with E-state index in [1.54, 1.807) is 18.1 Å². The number of aromatic nitrogens is 1. The van der Waals surface area contributed by atoms with Crippen LogP contribution in [-0.2, 0) is 14.3 Å². The molecule has 0 fully saturated rings. The average molecular weight is 648 g/mol. The van der Waals surface area contributed by atoms with E-state index in [9.17, 15) is 18.4 Å². The summed E-state index contributed by atoms with van der Waals surface area (Å²) in [6.45, 7) is 7.97. The molecule has 2 amide bonds. The normalized spacial score (nSPS) is 18.9. The molecule has 0 spiro atoms. The second kappa shape index (κ2) is 14.2. The average Bonchev–Trinajstić information content (AvgIpc) is 3.04. The molecular weight excluding hydrogens is 612 g/mol. The van der Waals surface area contributed by atoms with Crippen LogP contribution in [0.25, 0.3) is 16.7 Å². The number of carbonyl (C=O) groups is 2. The minimum Gasteiger partial charge on any atom is -0.428 e. The van der Waals surface area contributed by atoms with E-state index in [-0.39, 0.29) is 46.9 Å². The number of amides is 2. The molecule has 0 saturated carbocycles. The summed E-state index contributed by atoms with van der Waals surface area (Å²) in [6.07, 6.45) is 5.61. The summed E-state index contributed by atoms with van der Waals surface area (Å²) in [7, 11) is 1.65. The van der Waals surface area contributed by atoms with E-state index in [1.807, 2.05) is 44.2 Å². The van der Waals surface area contributed by atoms with E-state index < -0.39 is 17.7 Å². The zero-order valence-electron chi connectivity index (χ0n) is 26.0. The Morgan fingerprint density at radius 1 is 1.20 bits per heavy atom. The number of carbonyl (C=O) groups excluding carboxylic acids is 2. The first kappa shape index (κ1) is 32.8. The number of anilines is 2. The molecule has 2 aliphatic heterocycles. The largest absolute Gasteiger partial charge is 0.428 e. The number of fused-ring (bicyclic) bond motifs is 4. The van der Waals surface area contributed by atoms with Crippen molar-refractivity contribution >= 4 is 46.3 Å². The van der Waals surface area contributed by atoms with Gasteiger partial charge < -0.3 is 20.3 Å². The van der Waals surface area contributed by atoms with Gasteiger partial charge in [-0.2, -0.15) is 0 Å². The van der Waals surface area contributed by atoms with Gasteiger partial charge in [0.1, 0.15) is 5.82 Å². The highest BCUT2D eigenvalue weighted by molar-refractivity contribution is 6.31. The minimum absolute atomic E-state index is 0.126. The first-order valence-electron chi connectivity index (χ1n) is 15.2. The number of aliphatic imine (C=N–C) groups is 1. The molecule has 2 N–H and O–H groups in total. The summed E-state index contributed by atoms with van der Waals surface area (Å²) in [6, 6.07) is 11.2. The fourth-order valence-corrected chi connectivity index (χ4v) is 5.99. The predicted molar refractivity (Wildman–Crippen MR) is 177 cm³/mol. The number of nitrogens with one attached hydrogen (secondary N) is 2. The third-order valence-corrected chi connectivity index (χ3v) is 8.59. The third-order valence-electron chi connectivity index (χ3n) is 8.29. The Morgan fingerprint density at radius 2 is 2.00 bits per heavy atom. The molecule has 3 aromatic rings. The zero-order chi connectivity index (χ0) is 33.0. The van der Waals surface area contributed by atoms with Crippen molar-refractivity contribution in [1.82, 2.24) is 9.88 Å². The lowest BCUT2D eigenvalue weighted by Gasteiger charge is -2.34. The second-order valence-corrected chi connectivity index (χ2v) is 11.8. The molecule has 8 nitrogen and oxygen atoms in total. The molecule has 3 heterocycles. The van der Waals surface area contributed by atoms with Crippen LogP contribution in [-0.4, -0.2) is 41.2 Å². The Kier molecular flexibility index (Phi) is 10.2. The maximum absolute atomic E-state index is 14.8. The van der Waals surface area contributed by atoms with Gasteiger partial charge in [0.2, 0.25) is 11.8 Å². The van der Waals surface area contributed by atoms with Crippen molar-refractivity contribution < 1.29 is 23.1 Å². The molecule has 2 unspecified atom stereocenters. The Hall–Kier alpha value is -4.57. The number of nitrogens with zero attached hydrogens (tertiary/aromatic N) is 3. The third kappa shape index (κ3) is 7.12. The van der Waals surface area contributed by atoms with Crippen molar-refractivity contribution in [3.8, 4) is 11.1 Å². The van der Waals surface area contributed by atoms with Crippen molar-refractivity contribution in [1.29, 1.82) is 0 Å². The molecule has 0 aliphatic carbocycles. The molecule has 0 radical (unpaired) electrons. The van der Waals surface area contributed by atoms with Crippen LogP contribution in [0.2, 0.25) is 5.02 Å². The smallest absolute Gasteiger partial charge is 0.247 e. The lowest BCUT2D eigenvalue weighted by atomic mass is 9.92. The molecule has 2 aliphatic rings. The van der Waals surface area contributed by atoms with Crippen molar-refractivity contribution in [2.24, 2.45) is 10.9 Å². The van der Waals surface area contributed by atoms with Gasteiger partial charge in [-0.15, -0.1) is 0 Å². The second-order valence-electron chi connectivity index (χ2n) is 11.4.